The molecule has 0 aliphatic carbocycles. The maximum Gasteiger partial charge on any atom is 0.00479 e. The minimum Gasteiger partial charge on any atom is -0.317 e. The van der Waals surface area contributed by atoms with Gasteiger partial charge in [-0.1, -0.05) is 13.8 Å². The first-order valence-electron chi connectivity index (χ1n) is 5.53. The van der Waals surface area contributed by atoms with Gasteiger partial charge in [0.15, 0.2) is 0 Å². The SMILES string of the molecule is CNC(C)CCN1CC(C)C(C)C1. The highest BCUT2D eigenvalue weighted by Crippen LogP contribution is 2.21. The first-order valence-corrected chi connectivity index (χ1v) is 5.53. The van der Waals surface area contributed by atoms with E-state index < -0.39 is 0 Å². The molecule has 1 rings (SSSR count). The molecule has 0 aromatic rings. The molecule has 78 valence electrons. The number of rotatable bonds is 4. The van der Waals surface area contributed by atoms with Gasteiger partial charge in [0.2, 0.25) is 0 Å². The molecule has 2 heteroatoms. The molecule has 0 aromatic carbocycles. The van der Waals surface area contributed by atoms with Crippen LogP contribution in [0.1, 0.15) is 27.2 Å². The Morgan fingerprint density at radius 1 is 1.31 bits per heavy atom. The van der Waals surface area contributed by atoms with E-state index in [9.17, 15) is 0 Å². The van der Waals surface area contributed by atoms with E-state index in [2.05, 4.69) is 31.0 Å². The second-order valence-corrected chi connectivity index (χ2v) is 4.69. The molecule has 1 aliphatic rings. The van der Waals surface area contributed by atoms with Crippen LogP contribution in [0, 0.1) is 11.8 Å². The zero-order chi connectivity index (χ0) is 9.84. The van der Waals surface area contributed by atoms with Crippen LogP contribution < -0.4 is 5.32 Å². The largest absolute Gasteiger partial charge is 0.317 e. The summed E-state index contributed by atoms with van der Waals surface area (Å²) in [6.45, 7) is 10.9. The van der Waals surface area contributed by atoms with Crippen molar-refractivity contribution in [2.75, 3.05) is 26.7 Å². The Bertz CT molecular complexity index is 137. The minimum atomic E-state index is 0.659. The molecule has 2 nitrogen and oxygen atoms in total. The monoisotopic (exact) mass is 184 g/mol. The van der Waals surface area contributed by atoms with E-state index in [1.54, 1.807) is 0 Å². The molecular formula is C11H24N2. The Balaban J connectivity index is 2.17. The van der Waals surface area contributed by atoms with E-state index in [0.29, 0.717) is 6.04 Å². The van der Waals surface area contributed by atoms with Crippen molar-refractivity contribution >= 4 is 0 Å². The van der Waals surface area contributed by atoms with Crippen LogP contribution in [0.15, 0.2) is 0 Å². The number of hydrogen-bond acceptors (Lipinski definition) is 2. The van der Waals surface area contributed by atoms with E-state index in [0.717, 1.165) is 11.8 Å². The van der Waals surface area contributed by atoms with Gasteiger partial charge in [0.25, 0.3) is 0 Å². The van der Waals surface area contributed by atoms with Gasteiger partial charge in [0.1, 0.15) is 0 Å². The van der Waals surface area contributed by atoms with Crippen LogP contribution in [0.2, 0.25) is 0 Å². The van der Waals surface area contributed by atoms with Gasteiger partial charge < -0.3 is 10.2 Å². The molecule has 0 saturated carbocycles. The second kappa shape index (κ2) is 4.97. The summed E-state index contributed by atoms with van der Waals surface area (Å²) in [6, 6.07) is 0.659. The van der Waals surface area contributed by atoms with E-state index in [4.69, 9.17) is 0 Å². The third kappa shape index (κ3) is 3.28. The maximum absolute atomic E-state index is 3.28. The molecule has 0 spiro atoms. The van der Waals surface area contributed by atoms with Crippen LogP contribution in [0.3, 0.4) is 0 Å². The van der Waals surface area contributed by atoms with E-state index >= 15 is 0 Å². The smallest absolute Gasteiger partial charge is 0.00479 e. The van der Waals surface area contributed by atoms with Gasteiger partial charge in [-0.3, -0.25) is 0 Å². The van der Waals surface area contributed by atoms with Crippen molar-refractivity contribution in [3.8, 4) is 0 Å². The van der Waals surface area contributed by atoms with Crippen molar-refractivity contribution in [1.82, 2.24) is 10.2 Å². The average Bonchev–Trinajstić information content (AvgIpc) is 2.42. The van der Waals surface area contributed by atoms with Crippen LogP contribution in [-0.2, 0) is 0 Å². The second-order valence-electron chi connectivity index (χ2n) is 4.69. The molecule has 1 heterocycles. The van der Waals surface area contributed by atoms with E-state index in [-0.39, 0.29) is 0 Å². The van der Waals surface area contributed by atoms with Crippen LogP contribution >= 0.6 is 0 Å². The lowest BCUT2D eigenvalue weighted by atomic mass is 10.0. The van der Waals surface area contributed by atoms with Gasteiger partial charge in [0.05, 0.1) is 0 Å². The lowest BCUT2D eigenvalue weighted by molar-refractivity contribution is 0.304. The molecule has 1 aliphatic heterocycles. The Labute approximate surface area is 82.7 Å². The standard InChI is InChI=1S/C11H24N2/c1-9-7-13(8-10(9)2)6-5-11(3)12-4/h9-12H,5-8H2,1-4H3. The molecule has 0 radical (unpaired) electrons. The normalized spacial score (nSPS) is 32.3. The van der Waals surface area contributed by atoms with Gasteiger partial charge >= 0.3 is 0 Å². The molecule has 0 bridgehead atoms. The predicted molar refractivity (Wildman–Crippen MR) is 57.9 cm³/mol. The fourth-order valence-electron chi connectivity index (χ4n) is 1.95. The fourth-order valence-corrected chi connectivity index (χ4v) is 1.95. The van der Waals surface area contributed by atoms with Crippen LogP contribution in [-0.4, -0.2) is 37.6 Å². The summed E-state index contributed by atoms with van der Waals surface area (Å²) < 4.78 is 0. The highest BCUT2D eigenvalue weighted by Gasteiger charge is 2.25. The fraction of sp³-hybridized carbons (Fsp3) is 1.00. The van der Waals surface area contributed by atoms with Gasteiger partial charge in [-0.2, -0.15) is 0 Å². The first-order chi connectivity index (χ1) is 6.13. The Hall–Kier alpha value is -0.0800. The summed E-state index contributed by atoms with van der Waals surface area (Å²) in [4.78, 5) is 2.60. The number of hydrogen-bond donors (Lipinski definition) is 1. The van der Waals surface area contributed by atoms with Crippen molar-refractivity contribution in [2.24, 2.45) is 11.8 Å². The van der Waals surface area contributed by atoms with Crippen LogP contribution in [0.5, 0.6) is 0 Å². The third-order valence-electron chi connectivity index (χ3n) is 3.43. The molecule has 1 saturated heterocycles. The van der Waals surface area contributed by atoms with Crippen molar-refractivity contribution in [2.45, 2.75) is 33.2 Å². The molecular weight excluding hydrogens is 160 g/mol. The van der Waals surface area contributed by atoms with Crippen molar-refractivity contribution in [3.05, 3.63) is 0 Å². The number of nitrogens with zero attached hydrogens (tertiary/aromatic N) is 1. The molecule has 0 amide bonds. The van der Waals surface area contributed by atoms with Crippen molar-refractivity contribution < 1.29 is 0 Å². The summed E-state index contributed by atoms with van der Waals surface area (Å²) in [5.74, 6) is 1.79. The third-order valence-corrected chi connectivity index (χ3v) is 3.43. The van der Waals surface area contributed by atoms with Gasteiger partial charge in [0, 0.05) is 19.1 Å². The number of likely N-dealkylation sites (tertiary alicyclic amines) is 1. The Morgan fingerprint density at radius 2 is 1.85 bits per heavy atom. The molecule has 1 N–H and O–H groups in total. The maximum atomic E-state index is 3.28. The molecule has 3 unspecified atom stereocenters. The highest BCUT2D eigenvalue weighted by molar-refractivity contribution is 4.78. The average molecular weight is 184 g/mol. The predicted octanol–water partition coefficient (Wildman–Crippen LogP) is 1.57. The van der Waals surface area contributed by atoms with Crippen LogP contribution in [0.25, 0.3) is 0 Å². The zero-order valence-corrected chi connectivity index (χ0v) is 9.51. The van der Waals surface area contributed by atoms with E-state index in [1.807, 2.05) is 7.05 Å². The minimum absolute atomic E-state index is 0.659. The van der Waals surface area contributed by atoms with Gasteiger partial charge in [-0.05, 0) is 38.8 Å². The zero-order valence-electron chi connectivity index (χ0n) is 9.51. The summed E-state index contributed by atoms with van der Waals surface area (Å²) in [7, 11) is 2.04. The summed E-state index contributed by atoms with van der Waals surface area (Å²) in [6.07, 6.45) is 1.27. The van der Waals surface area contributed by atoms with Crippen molar-refractivity contribution in [3.63, 3.8) is 0 Å². The molecule has 13 heavy (non-hydrogen) atoms. The molecule has 1 fully saturated rings. The summed E-state index contributed by atoms with van der Waals surface area (Å²) in [5, 5.41) is 3.28. The lowest BCUT2D eigenvalue weighted by Gasteiger charge is -2.18. The molecule has 0 aromatic heterocycles. The van der Waals surface area contributed by atoms with Gasteiger partial charge in [-0.15, -0.1) is 0 Å². The number of nitrogens with one attached hydrogen (secondary N) is 1. The first kappa shape index (κ1) is 11.0. The van der Waals surface area contributed by atoms with Gasteiger partial charge in [-0.25, -0.2) is 0 Å². The lowest BCUT2D eigenvalue weighted by Crippen LogP contribution is -2.29. The summed E-state index contributed by atoms with van der Waals surface area (Å²) >= 11 is 0. The highest BCUT2D eigenvalue weighted by atomic mass is 15.1. The van der Waals surface area contributed by atoms with Crippen LogP contribution in [0.4, 0.5) is 0 Å². The quantitative estimate of drug-likeness (QED) is 0.713. The summed E-state index contributed by atoms with van der Waals surface area (Å²) in [5.41, 5.74) is 0. The Morgan fingerprint density at radius 3 is 2.31 bits per heavy atom. The topological polar surface area (TPSA) is 15.3 Å². The Kier molecular flexibility index (Phi) is 4.20. The van der Waals surface area contributed by atoms with Crippen molar-refractivity contribution in [1.29, 1.82) is 0 Å². The molecule has 3 atom stereocenters. The van der Waals surface area contributed by atoms with E-state index in [1.165, 1.54) is 26.1 Å².